The molecule has 2 saturated heterocycles. The van der Waals surface area contributed by atoms with E-state index in [1.54, 1.807) is 15.3 Å². The Morgan fingerprint density at radius 1 is 0.960 bits per heavy atom. The molecule has 1 aromatic heterocycles. The lowest BCUT2D eigenvalue weighted by Gasteiger charge is -2.39. The van der Waals surface area contributed by atoms with Gasteiger partial charge in [0, 0.05) is 58.1 Å². The molecular formula is C16H25N5O3S. The molecule has 1 aromatic rings. The molecule has 1 amide bonds. The van der Waals surface area contributed by atoms with Crippen molar-refractivity contribution in [2.24, 2.45) is 0 Å². The van der Waals surface area contributed by atoms with Crippen LogP contribution in [0, 0.1) is 6.92 Å². The minimum absolute atomic E-state index is 0.139. The Morgan fingerprint density at radius 3 is 2.08 bits per heavy atom. The first-order valence-corrected chi connectivity index (χ1v) is 9.94. The molecule has 0 aliphatic carbocycles. The Hall–Kier alpha value is -1.55. The maximum Gasteiger partial charge on any atom is 0.282 e. The van der Waals surface area contributed by atoms with Gasteiger partial charge in [-0.25, -0.2) is 4.98 Å². The number of carbonyl (C=O) groups excluding carboxylic acids is 1. The predicted octanol–water partition coefficient (Wildman–Crippen LogP) is -0.360. The Morgan fingerprint density at radius 2 is 1.52 bits per heavy atom. The molecule has 0 unspecified atom stereocenters. The number of rotatable bonds is 3. The molecule has 8 nitrogen and oxygen atoms in total. The summed E-state index contributed by atoms with van der Waals surface area (Å²) in [7, 11) is -1.45. The molecule has 138 valence electrons. The van der Waals surface area contributed by atoms with Crippen LogP contribution < -0.4 is 0 Å². The van der Waals surface area contributed by atoms with Gasteiger partial charge in [0.25, 0.3) is 16.1 Å². The van der Waals surface area contributed by atoms with E-state index in [0.29, 0.717) is 45.0 Å². The summed E-state index contributed by atoms with van der Waals surface area (Å²) in [5, 5.41) is 0. The van der Waals surface area contributed by atoms with Crippen LogP contribution >= 0.6 is 0 Å². The van der Waals surface area contributed by atoms with Gasteiger partial charge in [-0.1, -0.05) is 6.07 Å². The minimum atomic E-state index is -3.44. The molecular weight excluding hydrogens is 342 g/mol. The lowest BCUT2D eigenvalue weighted by atomic mass is 10.2. The highest BCUT2D eigenvalue weighted by atomic mass is 32.2. The van der Waals surface area contributed by atoms with Crippen molar-refractivity contribution >= 4 is 16.1 Å². The fourth-order valence-electron chi connectivity index (χ4n) is 3.13. The number of amides is 1. The van der Waals surface area contributed by atoms with Crippen molar-refractivity contribution in [3.63, 3.8) is 0 Å². The molecule has 0 spiro atoms. The Labute approximate surface area is 149 Å². The molecule has 3 heterocycles. The molecule has 0 atom stereocenters. The third-order valence-electron chi connectivity index (χ3n) is 4.75. The number of likely N-dealkylation sites (N-methyl/N-ethyl adjacent to an activating group) is 1. The van der Waals surface area contributed by atoms with Gasteiger partial charge in [-0.15, -0.1) is 0 Å². The molecule has 9 heteroatoms. The van der Waals surface area contributed by atoms with Gasteiger partial charge in [0.2, 0.25) is 0 Å². The number of hydrogen-bond acceptors (Lipinski definition) is 5. The van der Waals surface area contributed by atoms with Crippen molar-refractivity contribution in [2.45, 2.75) is 6.92 Å². The highest BCUT2D eigenvalue weighted by Crippen LogP contribution is 2.15. The highest BCUT2D eigenvalue weighted by molar-refractivity contribution is 7.86. The molecule has 2 aliphatic heterocycles. The summed E-state index contributed by atoms with van der Waals surface area (Å²) in [6.45, 7) is 5.81. The zero-order valence-corrected chi connectivity index (χ0v) is 15.6. The van der Waals surface area contributed by atoms with Crippen molar-refractivity contribution < 1.29 is 13.2 Å². The fourth-order valence-corrected chi connectivity index (χ4v) is 4.70. The van der Waals surface area contributed by atoms with Crippen molar-refractivity contribution in [3.8, 4) is 0 Å². The number of pyridine rings is 1. The van der Waals surface area contributed by atoms with Crippen LogP contribution in [0.15, 0.2) is 18.2 Å². The van der Waals surface area contributed by atoms with Crippen LogP contribution in [0.5, 0.6) is 0 Å². The van der Waals surface area contributed by atoms with Crippen molar-refractivity contribution in [1.82, 2.24) is 23.4 Å². The lowest BCUT2D eigenvalue weighted by Crippen LogP contribution is -2.57. The third kappa shape index (κ3) is 4.00. The van der Waals surface area contributed by atoms with Crippen molar-refractivity contribution in [2.75, 3.05) is 59.4 Å². The highest BCUT2D eigenvalue weighted by Gasteiger charge is 2.34. The van der Waals surface area contributed by atoms with Gasteiger partial charge in [0.05, 0.1) is 0 Å². The van der Waals surface area contributed by atoms with Crippen molar-refractivity contribution in [1.29, 1.82) is 0 Å². The minimum Gasteiger partial charge on any atom is -0.335 e. The smallest absolute Gasteiger partial charge is 0.282 e. The molecule has 0 radical (unpaired) electrons. The Balaban J connectivity index is 1.60. The van der Waals surface area contributed by atoms with Crippen LogP contribution in [0.2, 0.25) is 0 Å². The topological polar surface area (TPSA) is 77.1 Å². The average Bonchev–Trinajstić information content (AvgIpc) is 2.61. The number of nitrogens with zero attached hydrogens (tertiary/aromatic N) is 5. The summed E-state index contributed by atoms with van der Waals surface area (Å²) in [4.78, 5) is 20.6. The molecule has 2 aliphatic rings. The summed E-state index contributed by atoms with van der Waals surface area (Å²) in [5.74, 6) is -0.139. The van der Waals surface area contributed by atoms with Crippen LogP contribution in [0.25, 0.3) is 0 Å². The van der Waals surface area contributed by atoms with Gasteiger partial charge in [-0.3, -0.25) is 4.79 Å². The van der Waals surface area contributed by atoms with E-state index < -0.39 is 10.2 Å². The number of carbonyl (C=O) groups is 1. The van der Waals surface area contributed by atoms with E-state index >= 15 is 0 Å². The molecule has 25 heavy (non-hydrogen) atoms. The maximum absolute atomic E-state index is 12.8. The lowest BCUT2D eigenvalue weighted by molar-refractivity contribution is 0.0686. The normalized spacial score (nSPS) is 21.4. The average molecular weight is 367 g/mol. The fraction of sp³-hybridized carbons (Fsp3) is 0.625. The van der Waals surface area contributed by atoms with Crippen LogP contribution in [-0.4, -0.2) is 97.1 Å². The number of aryl methyl sites for hydroxylation is 1. The van der Waals surface area contributed by atoms with Crippen LogP contribution in [0.4, 0.5) is 0 Å². The summed E-state index contributed by atoms with van der Waals surface area (Å²) < 4.78 is 28.6. The van der Waals surface area contributed by atoms with Crippen molar-refractivity contribution in [3.05, 3.63) is 29.6 Å². The number of piperazine rings is 2. The van der Waals surface area contributed by atoms with Gasteiger partial charge < -0.3 is 9.80 Å². The third-order valence-corrected chi connectivity index (χ3v) is 6.78. The van der Waals surface area contributed by atoms with E-state index in [1.165, 1.54) is 4.31 Å². The molecule has 2 fully saturated rings. The second-order valence-corrected chi connectivity index (χ2v) is 8.49. The standard InChI is InChI=1S/C16H25N5O3S/c1-14-4-3-5-15(17-14)16(22)19-8-12-21(13-9-19)25(23,24)20-10-6-18(2)7-11-20/h3-5H,6-13H2,1-2H3. The van der Waals surface area contributed by atoms with E-state index in [9.17, 15) is 13.2 Å². The van der Waals surface area contributed by atoms with Crippen LogP contribution in [0.3, 0.4) is 0 Å². The first kappa shape index (κ1) is 18.2. The molecule has 0 bridgehead atoms. The number of hydrogen-bond donors (Lipinski definition) is 0. The van der Waals surface area contributed by atoms with Gasteiger partial charge in [-0.2, -0.15) is 17.0 Å². The second-order valence-electron chi connectivity index (χ2n) is 6.57. The summed E-state index contributed by atoms with van der Waals surface area (Å²) in [6.07, 6.45) is 0. The molecule has 0 aromatic carbocycles. The Bertz CT molecular complexity index is 723. The molecule has 0 N–H and O–H groups in total. The van der Waals surface area contributed by atoms with Gasteiger partial charge in [0.1, 0.15) is 5.69 Å². The predicted molar refractivity (Wildman–Crippen MR) is 94.4 cm³/mol. The molecule has 0 saturated carbocycles. The quantitative estimate of drug-likeness (QED) is 0.729. The largest absolute Gasteiger partial charge is 0.335 e. The van der Waals surface area contributed by atoms with E-state index in [4.69, 9.17) is 0 Å². The first-order chi connectivity index (χ1) is 11.9. The molecule has 3 rings (SSSR count). The van der Waals surface area contributed by atoms with E-state index in [-0.39, 0.29) is 5.91 Å². The van der Waals surface area contributed by atoms with E-state index in [1.807, 2.05) is 26.1 Å². The van der Waals surface area contributed by atoms with Crippen LogP contribution in [-0.2, 0) is 10.2 Å². The summed E-state index contributed by atoms with van der Waals surface area (Å²) in [6, 6.07) is 5.35. The van der Waals surface area contributed by atoms with E-state index in [0.717, 1.165) is 18.8 Å². The number of aromatic nitrogens is 1. The van der Waals surface area contributed by atoms with Crippen LogP contribution in [0.1, 0.15) is 16.2 Å². The summed E-state index contributed by atoms with van der Waals surface area (Å²) >= 11 is 0. The zero-order chi connectivity index (χ0) is 18.0. The SMILES string of the molecule is Cc1cccc(C(=O)N2CCN(S(=O)(=O)N3CCN(C)CC3)CC2)n1. The van der Waals surface area contributed by atoms with E-state index in [2.05, 4.69) is 9.88 Å². The van der Waals surface area contributed by atoms with Gasteiger partial charge in [0.15, 0.2) is 0 Å². The Kier molecular flexibility index (Phi) is 5.38. The van der Waals surface area contributed by atoms with Gasteiger partial charge in [-0.05, 0) is 26.1 Å². The zero-order valence-electron chi connectivity index (χ0n) is 14.8. The first-order valence-electron chi connectivity index (χ1n) is 8.54. The van der Waals surface area contributed by atoms with Gasteiger partial charge >= 0.3 is 0 Å². The maximum atomic E-state index is 12.8. The monoisotopic (exact) mass is 367 g/mol. The second kappa shape index (κ2) is 7.36. The summed E-state index contributed by atoms with van der Waals surface area (Å²) in [5.41, 5.74) is 1.21.